The summed E-state index contributed by atoms with van der Waals surface area (Å²) in [6, 6.07) is 6.82. The van der Waals surface area contributed by atoms with Gasteiger partial charge in [0.05, 0.1) is 0 Å². The first kappa shape index (κ1) is 14.2. The lowest BCUT2D eigenvalue weighted by atomic mass is 10.0. The topological polar surface area (TPSA) is 0 Å². The Kier molecular flexibility index (Phi) is 8.08. The zero-order chi connectivity index (χ0) is 11.7. The zero-order valence-corrected chi connectivity index (χ0v) is 11.1. The molecule has 0 heteroatoms. The van der Waals surface area contributed by atoms with Crippen molar-refractivity contribution in [2.75, 3.05) is 0 Å². The molecule has 1 rings (SSSR count). The van der Waals surface area contributed by atoms with Gasteiger partial charge in [0.25, 0.3) is 0 Å². The molecule has 0 atom stereocenters. The molecule has 0 saturated carbocycles. The average molecular weight is 206 g/mol. The molecule has 0 nitrogen and oxygen atoms in total. The Morgan fingerprint density at radius 1 is 0.933 bits per heavy atom. The maximum atomic E-state index is 2.32. The van der Waals surface area contributed by atoms with Crippen LogP contribution in [-0.2, 0) is 6.42 Å². The molecule has 0 N–H and O–H groups in total. The van der Waals surface area contributed by atoms with E-state index in [1.54, 1.807) is 0 Å². The number of unbranched alkanes of at least 4 members (excludes halogenated alkanes) is 2. The second-order valence-corrected chi connectivity index (χ2v) is 3.88. The molecule has 0 saturated heterocycles. The monoisotopic (exact) mass is 206 g/mol. The third-order valence-corrected chi connectivity index (χ3v) is 2.64. The SMILES string of the molecule is CC.CCCCCc1ccc(C)c(C)c1. The first-order valence-corrected chi connectivity index (χ1v) is 6.30. The molecule has 0 aromatic heterocycles. The Bertz CT molecular complexity index is 261. The fraction of sp³-hybridized carbons (Fsp3) is 0.600. The Balaban J connectivity index is 0.000000921. The lowest BCUT2D eigenvalue weighted by Crippen LogP contribution is -1.88. The van der Waals surface area contributed by atoms with Gasteiger partial charge in [0.2, 0.25) is 0 Å². The highest BCUT2D eigenvalue weighted by Gasteiger charge is 1.95. The molecule has 0 heterocycles. The van der Waals surface area contributed by atoms with Gasteiger partial charge in [-0.2, -0.15) is 0 Å². The minimum absolute atomic E-state index is 1.25. The minimum atomic E-state index is 1.25. The van der Waals surface area contributed by atoms with Crippen LogP contribution in [0.3, 0.4) is 0 Å². The van der Waals surface area contributed by atoms with E-state index in [1.807, 2.05) is 13.8 Å². The smallest absolute Gasteiger partial charge is 0.0279 e. The van der Waals surface area contributed by atoms with Crippen LogP contribution in [0, 0.1) is 13.8 Å². The molecular weight excluding hydrogens is 180 g/mol. The Morgan fingerprint density at radius 3 is 2.13 bits per heavy atom. The molecule has 0 aliphatic carbocycles. The minimum Gasteiger partial charge on any atom is -0.0683 e. The van der Waals surface area contributed by atoms with Crippen LogP contribution in [0.1, 0.15) is 56.7 Å². The summed E-state index contributed by atoms with van der Waals surface area (Å²) in [6.45, 7) is 10.6. The highest BCUT2D eigenvalue weighted by Crippen LogP contribution is 2.12. The van der Waals surface area contributed by atoms with Gasteiger partial charge in [0.1, 0.15) is 0 Å². The van der Waals surface area contributed by atoms with Crippen molar-refractivity contribution < 1.29 is 0 Å². The summed E-state index contributed by atoms with van der Waals surface area (Å²) in [4.78, 5) is 0. The van der Waals surface area contributed by atoms with Crippen molar-refractivity contribution in [2.24, 2.45) is 0 Å². The molecule has 1 aromatic carbocycles. The van der Waals surface area contributed by atoms with Gasteiger partial charge in [-0.25, -0.2) is 0 Å². The van der Waals surface area contributed by atoms with E-state index in [0.29, 0.717) is 0 Å². The summed E-state index contributed by atoms with van der Waals surface area (Å²) in [5, 5.41) is 0. The van der Waals surface area contributed by atoms with Crippen molar-refractivity contribution in [1.29, 1.82) is 0 Å². The Hall–Kier alpha value is -0.780. The second-order valence-electron chi connectivity index (χ2n) is 3.88. The van der Waals surface area contributed by atoms with Crippen molar-refractivity contribution >= 4 is 0 Å². The zero-order valence-electron chi connectivity index (χ0n) is 11.1. The third-order valence-electron chi connectivity index (χ3n) is 2.64. The van der Waals surface area contributed by atoms with Gasteiger partial charge in [-0.15, -0.1) is 0 Å². The van der Waals surface area contributed by atoms with Crippen molar-refractivity contribution in [2.45, 2.75) is 60.3 Å². The summed E-state index contributed by atoms with van der Waals surface area (Å²) < 4.78 is 0. The fourth-order valence-corrected chi connectivity index (χ4v) is 1.54. The maximum Gasteiger partial charge on any atom is -0.0279 e. The highest BCUT2D eigenvalue weighted by molar-refractivity contribution is 5.29. The molecule has 15 heavy (non-hydrogen) atoms. The van der Waals surface area contributed by atoms with Crippen molar-refractivity contribution in [1.82, 2.24) is 0 Å². The van der Waals surface area contributed by atoms with Crippen LogP contribution in [-0.4, -0.2) is 0 Å². The number of rotatable bonds is 4. The van der Waals surface area contributed by atoms with Gasteiger partial charge in [0, 0.05) is 0 Å². The van der Waals surface area contributed by atoms with Crippen LogP contribution in [0.2, 0.25) is 0 Å². The predicted octanol–water partition coefficient (Wildman–Crippen LogP) is 5.06. The molecule has 0 aliphatic rings. The predicted molar refractivity (Wildman–Crippen MR) is 70.5 cm³/mol. The van der Waals surface area contributed by atoms with E-state index >= 15 is 0 Å². The third kappa shape index (κ3) is 5.61. The molecule has 0 amide bonds. The van der Waals surface area contributed by atoms with Crippen LogP contribution < -0.4 is 0 Å². The molecule has 0 aliphatic heterocycles. The highest BCUT2D eigenvalue weighted by atomic mass is 14.0. The Labute approximate surface area is 95.7 Å². The summed E-state index contributed by atoms with van der Waals surface area (Å²) in [7, 11) is 0. The van der Waals surface area contributed by atoms with Gasteiger partial charge < -0.3 is 0 Å². The quantitative estimate of drug-likeness (QED) is 0.604. The standard InChI is InChI=1S/C13H20.C2H6/c1-4-5-6-7-13-9-8-11(2)12(3)10-13;1-2/h8-10H,4-7H2,1-3H3;1-2H3. The summed E-state index contributed by atoms with van der Waals surface area (Å²) >= 11 is 0. The lowest BCUT2D eigenvalue weighted by molar-refractivity contribution is 0.717. The van der Waals surface area contributed by atoms with Crippen LogP contribution in [0.5, 0.6) is 0 Å². The van der Waals surface area contributed by atoms with Gasteiger partial charge in [-0.1, -0.05) is 51.8 Å². The molecule has 0 unspecified atom stereocenters. The summed E-state index contributed by atoms with van der Waals surface area (Å²) in [6.07, 6.45) is 5.24. The van der Waals surface area contributed by atoms with E-state index in [2.05, 4.69) is 39.0 Å². The lowest BCUT2D eigenvalue weighted by Gasteiger charge is -2.04. The summed E-state index contributed by atoms with van der Waals surface area (Å²) in [5.41, 5.74) is 4.32. The second kappa shape index (κ2) is 8.52. The summed E-state index contributed by atoms with van der Waals surface area (Å²) in [5.74, 6) is 0. The number of benzene rings is 1. The first-order valence-electron chi connectivity index (χ1n) is 6.30. The van der Waals surface area contributed by atoms with Crippen LogP contribution in [0.25, 0.3) is 0 Å². The van der Waals surface area contributed by atoms with Crippen molar-refractivity contribution in [3.63, 3.8) is 0 Å². The van der Waals surface area contributed by atoms with Gasteiger partial charge in [-0.05, 0) is 43.4 Å². The molecule has 86 valence electrons. The fourth-order valence-electron chi connectivity index (χ4n) is 1.54. The van der Waals surface area contributed by atoms with E-state index in [9.17, 15) is 0 Å². The molecular formula is C15H26. The molecule has 1 aromatic rings. The molecule has 0 radical (unpaired) electrons. The van der Waals surface area contributed by atoms with Gasteiger partial charge in [0.15, 0.2) is 0 Å². The van der Waals surface area contributed by atoms with E-state index in [1.165, 1.54) is 42.4 Å². The van der Waals surface area contributed by atoms with Gasteiger partial charge >= 0.3 is 0 Å². The average Bonchev–Trinajstić information content (AvgIpc) is 2.27. The normalized spacial score (nSPS) is 9.40. The van der Waals surface area contributed by atoms with Crippen LogP contribution >= 0.6 is 0 Å². The molecule has 0 fully saturated rings. The van der Waals surface area contributed by atoms with E-state index in [0.717, 1.165) is 0 Å². The molecule has 0 spiro atoms. The largest absolute Gasteiger partial charge is 0.0683 e. The number of hydrogen-bond donors (Lipinski definition) is 0. The first-order chi connectivity index (χ1) is 7.24. The van der Waals surface area contributed by atoms with Gasteiger partial charge in [-0.3, -0.25) is 0 Å². The van der Waals surface area contributed by atoms with E-state index in [-0.39, 0.29) is 0 Å². The van der Waals surface area contributed by atoms with Crippen molar-refractivity contribution in [3.05, 3.63) is 34.9 Å². The Morgan fingerprint density at radius 2 is 1.60 bits per heavy atom. The van der Waals surface area contributed by atoms with Crippen molar-refractivity contribution in [3.8, 4) is 0 Å². The van der Waals surface area contributed by atoms with Crippen LogP contribution in [0.15, 0.2) is 18.2 Å². The maximum absolute atomic E-state index is 2.32. The number of hydrogen-bond acceptors (Lipinski definition) is 0. The van der Waals surface area contributed by atoms with E-state index in [4.69, 9.17) is 0 Å². The van der Waals surface area contributed by atoms with E-state index < -0.39 is 0 Å². The van der Waals surface area contributed by atoms with Crippen LogP contribution in [0.4, 0.5) is 0 Å². The molecule has 0 bridgehead atoms. The number of aryl methyl sites for hydroxylation is 3.